The van der Waals surface area contributed by atoms with E-state index in [1.165, 1.54) is 20.1 Å². The van der Waals surface area contributed by atoms with E-state index in [0.29, 0.717) is 24.2 Å². The van der Waals surface area contributed by atoms with Crippen LogP contribution in [0.15, 0.2) is 35.2 Å². The second-order valence-corrected chi connectivity index (χ2v) is 9.52. The minimum absolute atomic E-state index is 0.0151. The van der Waals surface area contributed by atoms with E-state index >= 15 is 0 Å². The van der Waals surface area contributed by atoms with Crippen molar-refractivity contribution in [3.63, 3.8) is 0 Å². The van der Waals surface area contributed by atoms with Crippen molar-refractivity contribution in [1.29, 1.82) is 0 Å². The van der Waals surface area contributed by atoms with Gasteiger partial charge >= 0.3 is 5.97 Å². The molecule has 1 aliphatic heterocycles. The summed E-state index contributed by atoms with van der Waals surface area (Å²) in [5, 5.41) is 0. The zero-order chi connectivity index (χ0) is 22.3. The molecular weight excluding hydrogens is 425 g/mol. The number of halogens is 1. The fourth-order valence-electron chi connectivity index (χ4n) is 3.96. The van der Waals surface area contributed by atoms with Crippen LogP contribution < -0.4 is 9.46 Å². The molecule has 2 aromatic carbocycles. The summed E-state index contributed by atoms with van der Waals surface area (Å²) in [6.45, 7) is 1.84. The Labute approximate surface area is 179 Å². The van der Waals surface area contributed by atoms with Gasteiger partial charge in [0, 0.05) is 12.3 Å². The van der Waals surface area contributed by atoms with E-state index in [0.717, 1.165) is 30.2 Å². The lowest BCUT2D eigenvalue weighted by molar-refractivity contribution is -0.117. The second-order valence-electron chi connectivity index (χ2n) is 7.87. The standard InChI is InChI=1S/C22H22FNO6S/c1-12(25)3-4-13-9-15(23)5-8-19(13)31(27,28)24-18-7-6-16-17-10-14(17)11-30-21(16)20(18)22(26)29-2/h5-9,14,17,24H,3-4,10-11H2,1-2H3/t14-,17-/m0/s1. The minimum atomic E-state index is -4.19. The van der Waals surface area contributed by atoms with Crippen LogP contribution in [0.5, 0.6) is 5.75 Å². The normalized spacial score (nSPS) is 18.9. The molecule has 9 heteroatoms. The van der Waals surface area contributed by atoms with Crippen LogP contribution >= 0.6 is 0 Å². The molecule has 4 rings (SSSR count). The number of ketones is 1. The fourth-order valence-corrected chi connectivity index (χ4v) is 5.28. The Bertz CT molecular complexity index is 1180. The van der Waals surface area contributed by atoms with Gasteiger partial charge in [0.25, 0.3) is 10.0 Å². The summed E-state index contributed by atoms with van der Waals surface area (Å²) in [7, 11) is -2.98. The van der Waals surface area contributed by atoms with Gasteiger partial charge in [-0.3, -0.25) is 4.72 Å². The van der Waals surface area contributed by atoms with Crippen LogP contribution in [0, 0.1) is 11.7 Å². The van der Waals surface area contributed by atoms with Gasteiger partial charge in [-0.15, -0.1) is 0 Å². The highest BCUT2D eigenvalue weighted by molar-refractivity contribution is 7.92. The monoisotopic (exact) mass is 447 g/mol. The first-order valence-electron chi connectivity index (χ1n) is 9.90. The van der Waals surface area contributed by atoms with E-state index in [4.69, 9.17) is 9.47 Å². The lowest BCUT2D eigenvalue weighted by Gasteiger charge is -2.22. The Hall–Kier alpha value is -2.94. The minimum Gasteiger partial charge on any atom is -0.492 e. The van der Waals surface area contributed by atoms with Crippen molar-refractivity contribution in [2.24, 2.45) is 5.92 Å². The second kappa shape index (κ2) is 7.96. The summed E-state index contributed by atoms with van der Waals surface area (Å²) in [6, 6.07) is 6.56. The Kier molecular flexibility index (Phi) is 5.47. The Balaban J connectivity index is 1.74. The van der Waals surface area contributed by atoms with Crippen LogP contribution in [0.4, 0.5) is 10.1 Å². The molecule has 0 aromatic heterocycles. The van der Waals surface area contributed by atoms with Crippen molar-refractivity contribution in [1.82, 2.24) is 0 Å². The van der Waals surface area contributed by atoms with E-state index in [-0.39, 0.29) is 40.3 Å². The zero-order valence-corrected chi connectivity index (χ0v) is 17.9. The first-order chi connectivity index (χ1) is 14.7. The third-order valence-electron chi connectivity index (χ3n) is 5.64. The van der Waals surface area contributed by atoms with Gasteiger partial charge in [0.15, 0.2) is 0 Å². The van der Waals surface area contributed by atoms with E-state index in [1.807, 2.05) is 0 Å². The number of anilines is 1. The van der Waals surface area contributed by atoms with Crippen LogP contribution in [-0.4, -0.2) is 33.9 Å². The number of esters is 1. The summed E-state index contributed by atoms with van der Waals surface area (Å²) in [5.41, 5.74) is 1.08. The number of Topliss-reactive ketones (excluding diaryl/α,β-unsaturated/α-hetero) is 1. The summed E-state index contributed by atoms with van der Waals surface area (Å²) in [4.78, 5) is 23.7. The molecule has 2 aliphatic rings. The predicted octanol–water partition coefficient (Wildman–Crippen LogP) is 3.43. The van der Waals surface area contributed by atoms with Crippen LogP contribution in [0.2, 0.25) is 0 Å². The lowest BCUT2D eigenvalue weighted by atomic mass is 10.0. The van der Waals surface area contributed by atoms with Gasteiger partial charge in [0.2, 0.25) is 0 Å². The van der Waals surface area contributed by atoms with Crippen LogP contribution in [0.3, 0.4) is 0 Å². The van der Waals surface area contributed by atoms with Gasteiger partial charge in [-0.25, -0.2) is 17.6 Å². The van der Waals surface area contributed by atoms with E-state index < -0.39 is 21.8 Å². The van der Waals surface area contributed by atoms with E-state index in [9.17, 15) is 22.4 Å². The number of rotatable bonds is 7. The molecule has 0 spiro atoms. The molecule has 1 fully saturated rings. The van der Waals surface area contributed by atoms with Crippen molar-refractivity contribution in [3.05, 3.63) is 52.8 Å². The summed E-state index contributed by atoms with van der Waals surface area (Å²) in [6.07, 6.45) is 1.12. The SMILES string of the molecule is COC(=O)c1c(NS(=O)(=O)c2ccc(F)cc2CCC(C)=O)ccc2c1OC[C@@H]1C[C@H]21. The van der Waals surface area contributed by atoms with Crippen LogP contribution in [-0.2, 0) is 26.0 Å². The molecule has 1 N–H and O–H groups in total. The van der Waals surface area contributed by atoms with Gasteiger partial charge in [0.05, 0.1) is 24.3 Å². The van der Waals surface area contributed by atoms with Gasteiger partial charge in [-0.2, -0.15) is 0 Å². The molecular formula is C22H22FNO6S. The summed E-state index contributed by atoms with van der Waals surface area (Å²) >= 11 is 0. The Morgan fingerprint density at radius 2 is 2.03 bits per heavy atom. The highest BCUT2D eigenvalue weighted by atomic mass is 32.2. The number of hydrogen-bond acceptors (Lipinski definition) is 6. The molecule has 0 unspecified atom stereocenters. The number of hydrogen-bond donors (Lipinski definition) is 1. The number of carbonyl (C=O) groups excluding carboxylic acids is 2. The molecule has 2 aromatic rings. The molecule has 2 atom stereocenters. The molecule has 31 heavy (non-hydrogen) atoms. The topological polar surface area (TPSA) is 98.8 Å². The van der Waals surface area contributed by atoms with Crippen molar-refractivity contribution >= 4 is 27.5 Å². The fraction of sp³-hybridized carbons (Fsp3) is 0.364. The maximum absolute atomic E-state index is 13.8. The molecule has 1 saturated carbocycles. The zero-order valence-electron chi connectivity index (χ0n) is 17.1. The van der Waals surface area contributed by atoms with Crippen molar-refractivity contribution in [2.45, 2.75) is 37.0 Å². The maximum Gasteiger partial charge on any atom is 0.343 e. The lowest BCUT2D eigenvalue weighted by Crippen LogP contribution is -2.20. The third-order valence-corrected chi connectivity index (χ3v) is 7.11. The average Bonchev–Trinajstić information content (AvgIpc) is 3.51. The predicted molar refractivity (Wildman–Crippen MR) is 110 cm³/mol. The quantitative estimate of drug-likeness (QED) is 0.653. The number of methoxy groups -OCH3 is 1. The van der Waals surface area contributed by atoms with Crippen molar-refractivity contribution in [3.8, 4) is 5.75 Å². The van der Waals surface area contributed by atoms with Gasteiger partial charge in [-0.05, 0) is 61.1 Å². The molecule has 0 amide bonds. The number of ether oxygens (including phenoxy) is 2. The molecule has 1 heterocycles. The largest absolute Gasteiger partial charge is 0.492 e. The first-order valence-corrected chi connectivity index (χ1v) is 11.4. The molecule has 0 bridgehead atoms. The van der Waals surface area contributed by atoms with Gasteiger partial charge in [-0.1, -0.05) is 6.07 Å². The van der Waals surface area contributed by atoms with Crippen molar-refractivity contribution in [2.75, 3.05) is 18.4 Å². The van der Waals surface area contributed by atoms with Gasteiger partial charge < -0.3 is 14.3 Å². The highest BCUT2D eigenvalue weighted by Crippen LogP contribution is 2.55. The molecule has 0 radical (unpaired) electrons. The number of carbonyl (C=O) groups is 2. The summed E-state index contributed by atoms with van der Waals surface area (Å²) in [5.74, 6) is -0.407. The van der Waals surface area contributed by atoms with Crippen molar-refractivity contribution < 1.29 is 31.9 Å². The van der Waals surface area contributed by atoms with Gasteiger partial charge in [0.1, 0.15) is 22.9 Å². The van der Waals surface area contributed by atoms with Crippen LogP contribution in [0.1, 0.15) is 47.2 Å². The third kappa shape index (κ3) is 4.14. The van der Waals surface area contributed by atoms with E-state index in [2.05, 4.69) is 4.72 Å². The smallest absolute Gasteiger partial charge is 0.343 e. The summed E-state index contributed by atoms with van der Waals surface area (Å²) < 4.78 is 53.2. The molecule has 164 valence electrons. The first kappa shape index (κ1) is 21.3. The average molecular weight is 447 g/mol. The Morgan fingerprint density at radius 3 is 2.74 bits per heavy atom. The highest BCUT2D eigenvalue weighted by Gasteiger charge is 2.45. The van der Waals surface area contributed by atoms with E-state index in [1.54, 1.807) is 6.07 Å². The number of sulfonamides is 1. The molecule has 7 nitrogen and oxygen atoms in total. The number of aryl methyl sites for hydroxylation is 1. The molecule has 1 aliphatic carbocycles. The Morgan fingerprint density at radius 1 is 1.26 bits per heavy atom. The number of benzene rings is 2. The number of nitrogens with one attached hydrogen (secondary N) is 1. The maximum atomic E-state index is 13.8. The van der Waals surface area contributed by atoms with Crippen LogP contribution in [0.25, 0.3) is 0 Å². The number of fused-ring (bicyclic) bond motifs is 3. The molecule has 0 saturated heterocycles.